The molecule has 0 amide bonds. The van der Waals surface area contributed by atoms with E-state index < -0.39 is 191 Å². The summed E-state index contributed by atoms with van der Waals surface area (Å²) < 4.78 is 35.3. The summed E-state index contributed by atoms with van der Waals surface area (Å²) in [7, 11) is 2.56. The van der Waals surface area contributed by atoms with Crippen LogP contribution in [0.1, 0.15) is 138 Å². The van der Waals surface area contributed by atoms with Crippen LogP contribution in [0.15, 0.2) is 36.4 Å². The first-order valence-corrected chi connectivity index (χ1v) is 24.8. The van der Waals surface area contributed by atoms with Crippen molar-refractivity contribution >= 4 is 34.7 Å². The number of hydrogen-bond acceptors (Lipinski definition) is 23. The maximum atomic E-state index is 14.6. The Labute approximate surface area is 437 Å². The van der Waals surface area contributed by atoms with Gasteiger partial charge in [0.25, 0.3) is 0 Å². The van der Waals surface area contributed by atoms with Crippen molar-refractivity contribution in [1.29, 1.82) is 0 Å². The van der Waals surface area contributed by atoms with Crippen LogP contribution >= 0.6 is 0 Å². The van der Waals surface area contributed by atoms with E-state index in [4.69, 9.17) is 34.2 Å². The number of hydrogen-bond donors (Lipinski definition) is 11. The molecule has 2 heterocycles. The molecule has 0 spiro atoms. The van der Waals surface area contributed by atoms with Crippen LogP contribution in [-0.4, -0.2) is 168 Å². The lowest BCUT2D eigenvalue weighted by Crippen LogP contribution is -2.57. The fourth-order valence-corrected chi connectivity index (χ4v) is 11.9. The number of phenolic OH excluding ortho intramolecular Hbond substituents is 4. The smallest absolute Gasteiger partial charge is 0.202 e. The minimum absolute atomic E-state index is 0.00123. The number of aromatic hydroxyl groups is 4. The van der Waals surface area contributed by atoms with Gasteiger partial charge >= 0.3 is 0 Å². The monoisotopic (exact) mass is 1070 g/mol. The second-order valence-electron chi connectivity index (χ2n) is 20.5. The number of phenols is 4. The summed E-state index contributed by atoms with van der Waals surface area (Å²) in [5.41, 5.74) is -2.93. The summed E-state index contributed by atoms with van der Waals surface area (Å²) in [5.74, 6) is -8.76. The van der Waals surface area contributed by atoms with Crippen molar-refractivity contribution in [2.45, 2.75) is 125 Å². The normalized spacial score (nSPS) is 30.3. The molecule has 23 nitrogen and oxygen atoms in total. The third kappa shape index (κ3) is 8.48. The molecule has 2 saturated heterocycles. The number of methoxy groups -OCH3 is 2. The van der Waals surface area contributed by atoms with E-state index >= 15 is 0 Å². The van der Waals surface area contributed by atoms with Crippen LogP contribution < -0.4 is 20.5 Å². The molecule has 4 aliphatic carbocycles. The Morgan fingerprint density at radius 3 is 1.51 bits per heavy atom. The topological polar surface area (TPSA) is 378 Å². The quantitative estimate of drug-likeness (QED) is 0.0750. The fraction of sp³-hybridized carbons (Fsp3) is 0.444. The molecule has 0 saturated carbocycles. The van der Waals surface area contributed by atoms with Crippen molar-refractivity contribution in [3.05, 3.63) is 103 Å². The number of aliphatic hydroxyl groups is 5. The molecule has 6 aliphatic rings. The van der Waals surface area contributed by atoms with E-state index in [-0.39, 0.29) is 68.8 Å². The minimum Gasteiger partial charge on any atom is -0.507 e. The molecule has 77 heavy (non-hydrogen) atoms. The molecular weight excluding hydrogens is 1010 g/mol. The fourth-order valence-electron chi connectivity index (χ4n) is 11.9. The van der Waals surface area contributed by atoms with Gasteiger partial charge in [0.15, 0.2) is 35.7 Å². The molecule has 4 aromatic rings. The number of carbonyl (C=O) groups is 6. The van der Waals surface area contributed by atoms with Gasteiger partial charge in [-0.05, 0) is 26.0 Å². The summed E-state index contributed by atoms with van der Waals surface area (Å²) in [4.78, 5) is 84.2. The van der Waals surface area contributed by atoms with Crippen molar-refractivity contribution in [2.24, 2.45) is 5.73 Å². The Kier molecular flexibility index (Phi) is 13.7. The van der Waals surface area contributed by atoms with Crippen LogP contribution in [0.4, 0.5) is 0 Å². The highest BCUT2D eigenvalue weighted by molar-refractivity contribution is 6.32. The maximum Gasteiger partial charge on any atom is 0.202 e. The van der Waals surface area contributed by atoms with Gasteiger partial charge < -0.3 is 85.4 Å². The van der Waals surface area contributed by atoms with Crippen molar-refractivity contribution in [2.75, 3.05) is 27.4 Å². The van der Waals surface area contributed by atoms with Gasteiger partial charge in [0, 0.05) is 84.0 Å². The van der Waals surface area contributed by atoms with Crippen LogP contribution in [0.3, 0.4) is 0 Å². The number of nitrogens with two attached hydrogens (primary N) is 1. The second-order valence-corrected chi connectivity index (χ2v) is 20.5. The number of ether oxygens (including phenoxy) is 6. The van der Waals surface area contributed by atoms with Crippen LogP contribution in [0.25, 0.3) is 0 Å². The first kappa shape index (κ1) is 53.6. The van der Waals surface area contributed by atoms with Gasteiger partial charge in [-0.2, -0.15) is 0 Å². The molecule has 2 aliphatic heterocycles. The molecule has 0 bridgehead atoms. The molecule has 0 unspecified atom stereocenters. The molecule has 408 valence electrons. The number of benzene rings is 4. The summed E-state index contributed by atoms with van der Waals surface area (Å²) in [6.07, 6.45) is -13.5. The van der Waals surface area contributed by atoms with Crippen molar-refractivity contribution in [3.63, 3.8) is 0 Å². The van der Waals surface area contributed by atoms with E-state index in [0.29, 0.717) is 0 Å². The number of fused-ring (bicyclic) bond motifs is 6. The lowest BCUT2D eigenvalue weighted by atomic mass is 9.71. The molecule has 0 aromatic heterocycles. The minimum atomic E-state index is -2.48. The van der Waals surface area contributed by atoms with Gasteiger partial charge in [0.1, 0.15) is 52.3 Å². The Balaban J connectivity index is 0.949. The number of aliphatic hydroxyl groups excluding tert-OH is 3. The highest BCUT2D eigenvalue weighted by Crippen LogP contribution is 2.55. The van der Waals surface area contributed by atoms with E-state index in [2.05, 4.69) is 5.32 Å². The Morgan fingerprint density at radius 2 is 1.06 bits per heavy atom. The zero-order chi connectivity index (χ0) is 55.5. The number of carbonyl (C=O) groups excluding carboxylic acids is 6. The molecule has 10 rings (SSSR count). The van der Waals surface area contributed by atoms with Crippen molar-refractivity contribution in [1.82, 2.24) is 5.32 Å². The van der Waals surface area contributed by atoms with Gasteiger partial charge in [-0.25, -0.2) is 0 Å². The van der Waals surface area contributed by atoms with Gasteiger partial charge in [0.2, 0.25) is 11.6 Å². The Bertz CT molecular complexity index is 3200. The lowest BCUT2D eigenvalue weighted by Gasteiger charge is -2.43. The van der Waals surface area contributed by atoms with E-state index in [1.165, 1.54) is 64.5 Å². The first-order chi connectivity index (χ1) is 36.5. The zero-order valence-electron chi connectivity index (χ0n) is 41.9. The molecule has 23 heteroatoms. The van der Waals surface area contributed by atoms with Crippen LogP contribution in [0, 0.1) is 0 Å². The maximum absolute atomic E-state index is 14.6. The number of ketones is 6. The van der Waals surface area contributed by atoms with E-state index in [9.17, 15) is 74.7 Å². The molecule has 12 atom stereocenters. The molecule has 4 aromatic carbocycles. The van der Waals surface area contributed by atoms with Crippen molar-refractivity contribution < 1.29 is 103 Å². The van der Waals surface area contributed by atoms with Crippen LogP contribution in [0.5, 0.6) is 34.5 Å². The summed E-state index contributed by atoms with van der Waals surface area (Å²) in [6, 6.07) is 6.45. The predicted molar refractivity (Wildman–Crippen MR) is 260 cm³/mol. The predicted octanol–water partition coefficient (Wildman–Crippen LogP) is 0.655. The number of rotatable bonds is 12. The SMILES string of the molecule is COc1cccc2c1C(=O)c1c(O)c3c(c(O)c1C2=O)C[C@@](O)(C(=O)CN[C@H]1C[C@H](O[C@H]2C[C@](O)(C(=O)CO)Cc4c(O)c5c(c(O)c42)C(=O)c2c(OC)cccc2C5=O)O[C@@H](C)[C@H]1O)C[C@@H]3O[C@H]1C[C@H](N)[C@H](O)[C@H](C)O1. The standard InChI is InChI=1S/C54H56N2O21/c1-19-43(60)25(55)11-33(74-19)76-29-15-53(70,13-23-37(29)51(68)41-39(47(23)64)45(62)21-7-5-9-27(72-3)35(21)49(41)66)31(58)17-56-26-12-34(75-20(2)44(26)61)77-30-16-54(71,32(59)18-57)14-24-38(30)52(69)42-40(48(24)65)46(63)22-8-6-10-28(73-4)36(22)50(42)67/h5-10,19-20,25-26,29-30,33-34,43-44,56-57,60-61,64-65,68-71H,11-18,55H2,1-4H3/t19-,20-,25-,26-,29-,30-,33-,34-,43+,44+,53-,54-/m0/s1. The van der Waals surface area contributed by atoms with E-state index in [0.717, 1.165) is 0 Å². The summed E-state index contributed by atoms with van der Waals surface area (Å²) in [5, 5.41) is 107. The summed E-state index contributed by atoms with van der Waals surface area (Å²) in [6.45, 7) is 1.11. The highest BCUT2D eigenvalue weighted by atomic mass is 16.7. The third-order valence-electron chi connectivity index (χ3n) is 15.9. The average Bonchev–Trinajstić information content (AvgIpc) is 3.43. The number of Topliss-reactive ketones (excluding diaryl/α,β-unsaturated/α-hetero) is 2. The summed E-state index contributed by atoms with van der Waals surface area (Å²) >= 11 is 0. The van der Waals surface area contributed by atoms with Gasteiger partial charge in [-0.15, -0.1) is 0 Å². The molecular formula is C54H56N2O21. The van der Waals surface area contributed by atoms with Gasteiger partial charge in [0.05, 0.1) is 90.8 Å². The second kappa shape index (κ2) is 19.6. The van der Waals surface area contributed by atoms with Gasteiger partial charge in [-0.3, -0.25) is 28.8 Å². The van der Waals surface area contributed by atoms with Crippen LogP contribution in [-0.2, 0) is 41.4 Å². The molecule has 0 radical (unpaired) electrons. The lowest BCUT2D eigenvalue weighted by molar-refractivity contribution is -0.250. The van der Waals surface area contributed by atoms with E-state index in [1.54, 1.807) is 0 Å². The highest BCUT2D eigenvalue weighted by Gasteiger charge is 2.53. The number of nitrogens with one attached hydrogen (secondary N) is 1. The Morgan fingerprint density at radius 1 is 0.636 bits per heavy atom. The molecule has 2 fully saturated rings. The van der Waals surface area contributed by atoms with Crippen LogP contribution in [0.2, 0.25) is 0 Å². The third-order valence-corrected chi connectivity index (χ3v) is 15.9. The molecule has 12 N–H and O–H groups in total. The van der Waals surface area contributed by atoms with E-state index in [1.807, 2.05) is 0 Å². The first-order valence-electron chi connectivity index (χ1n) is 24.8. The zero-order valence-corrected chi connectivity index (χ0v) is 41.9. The van der Waals surface area contributed by atoms with Crippen molar-refractivity contribution in [3.8, 4) is 34.5 Å². The Hall–Kier alpha value is -6.74. The average molecular weight is 1070 g/mol. The van der Waals surface area contributed by atoms with Gasteiger partial charge in [-0.1, -0.05) is 24.3 Å². The largest absolute Gasteiger partial charge is 0.507 e.